The van der Waals surface area contributed by atoms with E-state index in [1.807, 2.05) is 20.2 Å². The van der Waals surface area contributed by atoms with E-state index in [1.165, 1.54) is 11.1 Å². The molecule has 36 heavy (non-hydrogen) atoms. The van der Waals surface area contributed by atoms with Crippen molar-refractivity contribution in [3.63, 3.8) is 0 Å². The molecule has 0 radical (unpaired) electrons. The Hall–Kier alpha value is -3.66. The molecule has 0 aliphatic heterocycles. The van der Waals surface area contributed by atoms with Gasteiger partial charge in [0.15, 0.2) is 5.78 Å². The van der Waals surface area contributed by atoms with Gasteiger partial charge in [0.25, 0.3) is 0 Å². The number of carbonyl (C=O) groups is 2. The Labute approximate surface area is 214 Å². The molecular weight excluding hydrogens is 446 g/mol. The third kappa shape index (κ3) is 4.99. The molecule has 4 heteroatoms. The van der Waals surface area contributed by atoms with E-state index >= 15 is 0 Å². The SMILES string of the molecule is CN(C)c1ccc(-c2cc(C(=O)/C=C\c3ccc(C(=O)O)cc3)cc3c2C(C)(C)CCC3(C)C)cc1. The van der Waals surface area contributed by atoms with Gasteiger partial charge < -0.3 is 10.0 Å². The van der Waals surface area contributed by atoms with Gasteiger partial charge in [0.05, 0.1) is 5.56 Å². The lowest BCUT2D eigenvalue weighted by Crippen LogP contribution is -2.34. The van der Waals surface area contributed by atoms with Gasteiger partial charge in [0.2, 0.25) is 0 Å². The largest absolute Gasteiger partial charge is 0.478 e. The van der Waals surface area contributed by atoms with Crippen molar-refractivity contribution in [3.8, 4) is 11.1 Å². The lowest BCUT2D eigenvalue weighted by atomic mass is 9.61. The quantitative estimate of drug-likeness (QED) is 0.295. The van der Waals surface area contributed by atoms with Gasteiger partial charge in [-0.2, -0.15) is 0 Å². The zero-order chi connectivity index (χ0) is 26.3. The molecule has 0 heterocycles. The Kier molecular flexibility index (Phi) is 6.66. The number of anilines is 1. The Morgan fingerprint density at radius 1 is 0.833 bits per heavy atom. The second kappa shape index (κ2) is 9.42. The molecule has 4 rings (SSSR count). The fraction of sp³-hybridized carbons (Fsp3) is 0.312. The number of carbonyl (C=O) groups excluding carboxylic acids is 1. The summed E-state index contributed by atoms with van der Waals surface area (Å²) in [6.07, 6.45) is 5.48. The molecule has 3 aromatic carbocycles. The fourth-order valence-corrected chi connectivity index (χ4v) is 5.10. The third-order valence-corrected chi connectivity index (χ3v) is 7.48. The summed E-state index contributed by atoms with van der Waals surface area (Å²) in [6, 6.07) is 19.2. The first kappa shape index (κ1) is 25.4. The maximum atomic E-state index is 13.4. The third-order valence-electron chi connectivity index (χ3n) is 7.48. The van der Waals surface area contributed by atoms with Crippen LogP contribution in [0.2, 0.25) is 0 Å². The number of aromatic carboxylic acids is 1. The van der Waals surface area contributed by atoms with Gasteiger partial charge >= 0.3 is 5.97 Å². The van der Waals surface area contributed by atoms with Gasteiger partial charge in [-0.1, -0.05) is 58.0 Å². The number of carboxylic acid groups (broad SMARTS) is 1. The van der Waals surface area contributed by atoms with E-state index in [4.69, 9.17) is 5.11 Å². The molecule has 1 aliphatic carbocycles. The average Bonchev–Trinajstić information content (AvgIpc) is 2.85. The minimum absolute atomic E-state index is 0.00368. The summed E-state index contributed by atoms with van der Waals surface area (Å²) < 4.78 is 0. The van der Waals surface area contributed by atoms with Gasteiger partial charge in [-0.3, -0.25) is 4.79 Å². The number of benzene rings is 3. The second-order valence-electron chi connectivity index (χ2n) is 11.3. The van der Waals surface area contributed by atoms with Crippen LogP contribution in [0.5, 0.6) is 0 Å². The van der Waals surface area contributed by atoms with E-state index in [2.05, 4.69) is 62.9 Å². The molecule has 0 amide bonds. The minimum Gasteiger partial charge on any atom is -0.478 e. The van der Waals surface area contributed by atoms with E-state index in [0.717, 1.165) is 35.2 Å². The number of rotatable bonds is 6. The smallest absolute Gasteiger partial charge is 0.335 e. The molecule has 0 saturated heterocycles. The van der Waals surface area contributed by atoms with Gasteiger partial charge in [-0.25, -0.2) is 4.79 Å². The van der Waals surface area contributed by atoms with Crippen molar-refractivity contribution < 1.29 is 14.7 Å². The van der Waals surface area contributed by atoms with E-state index in [-0.39, 0.29) is 22.2 Å². The van der Waals surface area contributed by atoms with E-state index < -0.39 is 5.97 Å². The maximum Gasteiger partial charge on any atom is 0.335 e. The Morgan fingerprint density at radius 3 is 2.03 bits per heavy atom. The van der Waals surface area contributed by atoms with Crippen molar-refractivity contribution in [2.24, 2.45) is 0 Å². The number of nitrogens with zero attached hydrogens (tertiary/aromatic N) is 1. The Bertz CT molecular complexity index is 1330. The van der Waals surface area contributed by atoms with Crippen LogP contribution in [-0.2, 0) is 10.8 Å². The summed E-state index contributed by atoms with van der Waals surface area (Å²) in [5, 5.41) is 9.11. The molecule has 186 valence electrons. The zero-order valence-electron chi connectivity index (χ0n) is 22.1. The van der Waals surface area contributed by atoms with Crippen LogP contribution in [0.1, 0.15) is 77.9 Å². The maximum absolute atomic E-state index is 13.4. The number of hydrogen-bond acceptors (Lipinski definition) is 3. The molecule has 0 fully saturated rings. The molecule has 4 nitrogen and oxygen atoms in total. The zero-order valence-corrected chi connectivity index (χ0v) is 22.1. The van der Waals surface area contributed by atoms with E-state index in [9.17, 15) is 9.59 Å². The Morgan fingerprint density at radius 2 is 1.44 bits per heavy atom. The molecule has 1 N–H and O–H groups in total. The first-order valence-corrected chi connectivity index (χ1v) is 12.4. The van der Waals surface area contributed by atoms with Crippen molar-refractivity contribution in [2.75, 3.05) is 19.0 Å². The van der Waals surface area contributed by atoms with Crippen molar-refractivity contribution in [3.05, 3.63) is 94.6 Å². The molecule has 0 aromatic heterocycles. The molecule has 0 bridgehead atoms. The highest BCUT2D eigenvalue weighted by Crippen LogP contribution is 2.50. The topological polar surface area (TPSA) is 57.6 Å². The van der Waals surface area contributed by atoms with Crippen molar-refractivity contribution in [1.82, 2.24) is 0 Å². The number of hydrogen-bond donors (Lipinski definition) is 1. The fourth-order valence-electron chi connectivity index (χ4n) is 5.10. The van der Waals surface area contributed by atoms with Gasteiger partial charge in [0, 0.05) is 25.3 Å². The van der Waals surface area contributed by atoms with Crippen molar-refractivity contribution >= 4 is 23.5 Å². The normalized spacial score (nSPS) is 15.9. The van der Waals surface area contributed by atoms with Crippen molar-refractivity contribution in [2.45, 2.75) is 51.4 Å². The molecule has 0 spiro atoms. The molecule has 0 unspecified atom stereocenters. The summed E-state index contributed by atoms with van der Waals surface area (Å²) in [5.41, 5.74) is 7.61. The summed E-state index contributed by atoms with van der Waals surface area (Å²) in [7, 11) is 4.06. The first-order chi connectivity index (χ1) is 16.9. The molecule has 1 aliphatic rings. The molecule has 0 saturated carbocycles. The summed E-state index contributed by atoms with van der Waals surface area (Å²) in [4.78, 5) is 26.6. The second-order valence-corrected chi connectivity index (χ2v) is 11.3. The van der Waals surface area contributed by atoms with Crippen molar-refractivity contribution in [1.29, 1.82) is 0 Å². The monoisotopic (exact) mass is 481 g/mol. The first-order valence-electron chi connectivity index (χ1n) is 12.4. The highest BCUT2D eigenvalue weighted by Gasteiger charge is 2.39. The van der Waals surface area contributed by atoms with Crippen LogP contribution in [0, 0.1) is 0 Å². The van der Waals surface area contributed by atoms with Crippen LogP contribution < -0.4 is 4.90 Å². The van der Waals surface area contributed by atoms with E-state index in [1.54, 1.807) is 36.4 Å². The van der Waals surface area contributed by atoms with Crippen LogP contribution in [0.15, 0.2) is 66.7 Å². The van der Waals surface area contributed by atoms with Crippen LogP contribution in [0.4, 0.5) is 5.69 Å². The van der Waals surface area contributed by atoms with Crippen LogP contribution in [0.25, 0.3) is 17.2 Å². The standard InChI is InChI=1S/C32H35NO3/c1-31(2)17-18-32(3,4)29-26(22-12-14-25(15-13-22)33(5)6)19-24(20-27(29)31)28(34)16-9-21-7-10-23(11-8-21)30(35)36/h7-16,19-20H,17-18H2,1-6H3,(H,35,36)/b16-9-. The summed E-state index contributed by atoms with van der Waals surface area (Å²) in [5.74, 6) is -1.03. The van der Waals surface area contributed by atoms with Gasteiger partial charge in [-0.05, 0) is 94.0 Å². The minimum atomic E-state index is -0.965. The lowest BCUT2D eigenvalue weighted by molar-refractivity contribution is 0.0696. The number of carboxylic acids is 1. The van der Waals surface area contributed by atoms with E-state index in [0.29, 0.717) is 5.56 Å². The van der Waals surface area contributed by atoms with Crippen LogP contribution in [-0.4, -0.2) is 31.0 Å². The predicted octanol–water partition coefficient (Wildman–Crippen LogP) is 7.36. The molecule has 3 aromatic rings. The van der Waals surface area contributed by atoms with Gasteiger partial charge in [0.1, 0.15) is 0 Å². The number of ketones is 1. The number of fused-ring (bicyclic) bond motifs is 1. The molecular formula is C32H35NO3. The Balaban J connectivity index is 1.80. The summed E-state index contributed by atoms with van der Waals surface area (Å²) >= 11 is 0. The average molecular weight is 482 g/mol. The highest BCUT2D eigenvalue weighted by atomic mass is 16.4. The molecule has 0 atom stereocenters. The number of allylic oxidation sites excluding steroid dienone is 1. The van der Waals surface area contributed by atoms with Gasteiger partial charge in [-0.15, -0.1) is 0 Å². The highest BCUT2D eigenvalue weighted by molar-refractivity contribution is 6.08. The lowest BCUT2D eigenvalue weighted by Gasteiger charge is -2.43. The van der Waals surface area contributed by atoms with Crippen LogP contribution >= 0.6 is 0 Å². The van der Waals surface area contributed by atoms with Crippen LogP contribution in [0.3, 0.4) is 0 Å². The summed E-state index contributed by atoms with van der Waals surface area (Å²) in [6.45, 7) is 9.16. The predicted molar refractivity (Wildman–Crippen MR) is 148 cm³/mol.